The number of halogens is 3. The predicted octanol–water partition coefficient (Wildman–Crippen LogP) is 16.0. The zero-order valence-corrected chi connectivity index (χ0v) is 39.0. The molecule has 0 saturated carbocycles. The Kier molecular flexibility index (Phi) is 16.9. The number of thiophene rings is 4. The first-order valence-electron chi connectivity index (χ1n) is 14.3. The number of aryl methyl sites for hydroxylation is 2. The van der Waals surface area contributed by atoms with Crippen LogP contribution in [-0.4, -0.2) is 44.0 Å². The van der Waals surface area contributed by atoms with Crippen LogP contribution in [0.15, 0.2) is 60.7 Å². The number of rotatable bonds is 1. The summed E-state index contributed by atoms with van der Waals surface area (Å²) in [7, 11) is 14.7. The molecule has 0 bridgehead atoms. The molecule has 0 aromatic carbocycles. The van der Waals surface area contributed by atoms with E-state index in [0.717, 1.165) is 10.5 Å². The van der Waals surface area contributed by atoms with Gasteiger partial charge >= 0.3 is 41.5 Å². The Labute approximate surface area is 341 Å². The van der Waals surface area contributed by atoms with Crippen LogP contribution in [0.4, 0.5) is 0 Å². The topological polar surface area (TPSA) is 0 Å². The van der Waals surface area contributed by atoms with E-state index < -0.39 is 11.2 Å². The molecule has 0 spiro atoms. The van der Waals surface area contributed by atoms with Crippen molar-refractivity contribution in [2.75, 3.05) is 23.0 Å². The minimum atomic E-state index is -1.33. The molecule has 0 N–H and O–H groups in total. The second-order valence-electron chi connectivity index (χ2n) is 10.3. The van der Waals surface area contributed by atoms with Gasteiger partial charge in [0.15, 0.2) is 0 Å². The van der Waals surface area contributed by atoms with Crippen LogP contribution in [0.2, 0.25) is 0 Å². The van der Waals surface area contributed by atoms with Gasteiger partial charge in [-0.25, -0.2) is 0 Å². The number of hydrogen-bond acceptors (Lipinski definition) is 12. The van der Waals surface area contributed by atoms with Gasteiger partial charge in [-0.2, -0.15) is 22.7 Å². The molecule has 0 aliphatic carbocycles. The molecular weight excluding hydrogens is 907 g/mol. The van der Waals surface area contributed by atoms with E-state index in [1.807, 2.05) is 92.4 Å². The molecule has 0 amide bonds. The fraction of sp³-hybridized carbons (Fsp3) is 0.467. The largest absolute Gasteiger partial charge is 0.150 e. The normalized spacial score (nSPS) is 23.1. The van der Waals surface area contributed by atoms with Crippen molar-refractivity contribution in [3.8, 4) is 9.75 Å². The molecule has 4 atom stereocenters. The molecule has 16 heteroatoms. The summed E-state index contributed by atoms with van der Waals surface area (Å²) in [5.41, 5.74) is 0. The molecule has 4 aromatic rings. The second-order valence-corrected chi connectivity index (χ2v) is 29.8. The quantitative estimate of drug-likeness (QED) is 0.171. The van der Waals surface area contributed by atoms with Crippen LogP contribution in [0.1, 0.15) is 37.4 Å². The average Bonchev–Trinajstić information content (AvgIpc) is 3.81. The Morgan fingerprint density at radius 1 is 0.500 bits per heavy atom. The maximum atomic E-state index is 4.89. The molecule has 0 fully saturated rings. The molecule has 4 aliphatic heterocycles. The van der Waals surface area contributed by atoms with Gasteiger partial charge in [-0.1, -0.05) is 27.7 Å². The molecule has 0 radical (unpaired) electrons. The van der Waals surface area contributed by atoms with Crippen LogP contribution >= 0.6 is 170 Å². The van der Waals surface area contributed by atoms with Gasteiger partial charge in [0, 0.05) is 114 Å². The van der Waals surface area contributed by atoms with Gasteiger partial charge < -0.3 is 0 Å². The first kappa shape index (κ1) is 40.2. The number of fused-ring (bicyclic) bond motifs is 4. The van der Waals surface area contributed by atoms with Gasteiger partial charge in [0.1, 0.15) is 0 Å². The van der Waals surface area contributed by atoms with Crippen LogP contribution in [-0.2, 0) is 11.2 Å². The van der Waals surface area contributed by atoms with Crippen molar-refractivity contribution in [1.29, 1.82) is 0 Å². The molecule has 8 rings (SSSR count). The van der Waals surface area contributed by atoms with Gasteiger partial charge in [-0.05, 0) is 13.8 Å². The minimum Gasteiger partial charge on any atom is -0.150 e. The summed E-state index contributed by atoms with van der Waals surface area (Å²) < 4.78 is 0. The minimum absolute atomic E-state index is 0.698. The van der Waals surface area contributed by atoms with E-state index in [-0.39, 0.29) is 0 Å². The molecule has 4 aliphatic rings. The van der Waals surface area contributed by atoms with Crippen molar-refractivity contribution >= 4 is 170 Å². The summed E-state index contributed by atoms with van der Waals surface area (Å²) in [5.74, 6) is 5.08. The van der Waals surface area contributed by atoms with Crippen molar-refractivity contribution < 1.29 is 11.2 Å². The Hall–Kier alpha value is 2.99. The Morgan fingerprint density at radius 2 is 0.870 bits per heavy atom. The predicted molar refractivity (Wildman–Crippen MR) is 227 cm³/mol. The van der Waals surface area contributed by atoms with Crippen LogP contribution < -0.4 is 0 Å². The Balaban J connectivity index is 0.000000144. The summed E-state index contributed by atoms with van der Waals surface area (Å²) in [4.78, 5) is 18.4. The van der Waals surface area contributed by atoms with Crippen molar-refractivity contribution in [2.45, 2.75) is 102 Å². The average molecular weight is 942 g/mol. The molecule has 4 aromatic heterocycles. The molecular formula is C30H34Cl3FeS12. The summed E-state index contributed by atoms with van der Waals surface area (Å²) in [5, 5.41) is 11.9. The van der Waals surface area contributed by atoms with E-state index in [0.29, 0.717) is 10.5 Å². The zero-order chi connectivity index (χ0) is 33.0. The maximum Gasteiger partial charge on any atom is 0.0315 e. The molecule has 0 saturated heterocycles. The fourth-order valence-corrected chi connectivity index (χ4v) is 20.2. The molecule has 4 unspecified atom stereocenters. The van der Waals surface area contributed by atoms with E-state index in [1.54, 1.807) is 29.3 Å². The molecule has 46 heavy (non-hydrogen) atoms. The van der Waals surface area contributed by atoms with E-state index in [4.69, 9.17) is 30.3 Å². The third-order valence-electron chi connectivity index (χ3n) is 7.10. The fourth-order valence-electron chi connectivity index (χ4n) is 4.53. The second kappa shape index (κ2) is 19.4. The SMILES string of the molecule is CC1Sc2cscc2SC1C.Cc1sc(-c2sc(C)c3c2SC(C)C(C)S3)c2c1SCCS2.[Cl][Fe]([Cl])[Cl].c1scc2c1SCCS2. The van der Waals surface area contributed by atoms with Gasteiger partial charge in [-0.15, -0.1) is 117 Å². The maximum absolute atomic E-state index is 4.89. The van der Waals surface area contributed by atoms with E-state index in [2.05, 4.69) is 110 Å². The van der Waals surface area contributed by atoms with Crippen molar-refractivity contribution in [3.05, 3.63) is 31.3 Å². The first-order valence-corrected chi connectivity index (χ1v) is 29.8. The summed E-state index contributed by atoms with van der Waals surface area (Å²) in [6.07, 6.45) is 0. The van der Waals surface area contributed by atoms with Crippen molar-refractivity contribution in [3.63, 3.8) is 0 Å². The Bertz CT molecular complexity index is 1530. The van der Waals surface area contributed by atoms with Crippen LogP contribution in [0.25, 0.3) is 9.75 Å². The van der Waals surface area contributed by atoms with Gasteiger partial charge in [-0.3, -0.25) is 0 Å². The third kappa shape index (κ3) is 10.6. The molecule has 0 nitrogen and oxygen atoms in total. The summed E-state index contributed by atoms with van der Waals surface area (Å²) in [6, 6.07) is 0. The third-order valence-corrected chi connectivity index (χ3v) is 23.6. The Morgan fingerprint density at radius 3 is 1.39 bits per heavy atom. The van der Waals surface area contributed by atoms with E-state index in [9.17, 15) is 0 Å². The first-order chi connectivity index (χ1) is 22.0. The number of hydrogen-bond donors (Lipinski definition) is 0. The summed E-state index contributed by atoms with van der Waals surface area (Å²) >= 11 is 22.7. The van der Waals surface area contributed by atoms with Gasteiger partial charge in [0.2, 0.25) is 0 Å². The van der Waals surface area contributed by atoms with Crippen LogP contribution in [0.5, 0.6) is 0 Å². The smallest absolute Gasteiger partial charge is 0.0315 e. The zero-order valence-electron chi connectivity index (χ0n) is 25.8. The summed E-state index contributed by atoms with van der Waals surface area (Å²) in [6.45, 7) is 14.0. The van der Waals surface area contributed by atoms with E-state index >= 15 is 0 Å². The van der Waals surface area contributed by atoms with Crippen molar-refractivity contribution in [2.24, 2.45) is 0 Å². The van der Waals surface area contributed by atoms with Gasteiger partial charge in [0.05, 0.1) is 9.75 Å². The monoisotopic (exact) mass is 939 g/mol. The molecule has 8 heterocycles. The standard InChI is InChI=1S/C16H18S6.C8H10S3.C6H6S3.3ClH.Fe/c1-7-8(2)20-14-12(19-7)10(4)22-16(14)15-13-11(9(3)21-15)17-5-6-18-13;1-5-6(2)11-8-4-9-3-7(8)10-5;1-2-9-6-4-7-3-5(6)8-1;;;;/h7-8H,5-6H2,1-4H3;3-6H,1-2H3;3-4H,1-2H2;3*1H;/q;;;;;;+3/p-3. The van der Waals surface area contributed by atoms with Crippen molar-refractivity contribution in [1.82, 2.24) is 0 Å². The van der Waals surface area contributed by atoms with Gasteiger partial charge in [0.25, 0.3) is 0 Å². The van der Waals surface area contributed by atoms with E-state index in [1.165, 1.54) is 52.3 Å². The van der Waals surface area contributed by atoms with Crippen LogP contribution in [0.3, 0.4) is 0 Å². The number of thioether (sulfide) groups is 8. The van der Waals surface area contributed by atoms with Crippen LogP contribution in [0, 0.1) is 13.8 Å². The molecule has 255 valence electrons.